The smallest absolute Gasteiger partial charge is 0.351 e. The number of benzene rings is 1. The van der Waals surface area contributed by atoms with Crippen LogP contribution in [0.15, 0.2) is 57.3 Å². The number of carbonyl (C=O) groups is 2. The minimum Gasteiger partial charge on any atom is -0.507 e. The summed E-state index contributed by atoms with van der Waals surface area (Å²) in [7, 11) is 1.33. The van der Waals surface area contributed by atoms with Crippen LogP contribution in [0.25, 0.3) is 6.08 Å². The van der Waals surface area contributed by atoms with Gasteiger partial charge in [-0.25, -0.2) is 4.79 Å². The van der Waals surface area contributed by atoms with E-state index in [4.69, 9.17) is 9.15 Å². The van der Waals surface area contributed by atoms with E-state index in [-0.39, 0.29) is 29.3 Å². The van der Waals surface area contributed by atoms with Gasteiger partial charge in [0, 0.05) is 12.0 Å². The Morgan fingerprint density at radius 1 is 1.14 bits per heavy atom. The Morgan fingerprint density at radius 2 is 1.81 bits per heavy atom. The van der Waals surface area contributed by atoms with Gasteiger partial charge in [0.05, 0.1) is 20.1 Å². The fourth-order valence-corrected chi connectivity index (χ4v) is 3.47. The van der Waals surface area contributed by atoms with E-state index in [2.05, 4.69) is 25.5 Å². The van der Waals surface area contributed by atoms with Gasteiger partial charge >= 0.3 is 11.6 Å². The highest BCUT2D eigenvalue weighted by Crippen LogP contribution is 2.26. The third-order valence-electron chi connectivity index (χ3n) is 5.85. The zero-order valence-corrected chi connectivity index (χ0v) is 22.6. The maximum atomic E-state index is 12.9. The third-order valence-corrected chi connectivity index (χ3v) is 5.85. The van der Waals surface area contributed by atoms with Crippen LogP contribution in [0.1, 0.15) is 87.9 Å². The van der Waals surface area contributed by atoms with Gasteiger partial charge in [-0.2, -0.15) is 0 Å². The fourth-order valence-electron chi connectivity index (χ4n) is 3.47. The summed E-state index contributed by atoms with van der Waals surface area (Å²) in [6, 6.07) is 8.65. The van der Waals surface area contributed by atoms with Crippen molar-refractivity contribution in [1.29, 1.82) is 0 Å². The quantitative estimate of drug-likeness (QED) is 0.151. The van der Waals surface area contributed by atoms with Gasteiger partial charge in [0.1, 0.15) is 22.8 Å². The van der Waals surface area contributed by atoms with Crippen LogP contribution >= 0.6 is 0 Å². The first-order chi connectivity index (χ1) is 17.4. The molecule has 0 fully saturated rings. The zero-order chi connectivity index (χ0) is 27.6. The molecule has 1 unspecified atom stereocenters. The average molecular weight is 511 g/mol. The molecule has 1 N–H and O–H groups in total. The van der Waals surface area contributed by atoms with Crippen LogP contribution in [0.2, 0.25) is 0 Å². The summed E-state index contributed by atoms with van der Waals surface area (Å²) in [6.07, 6.45) is 7.61. The number of aromatic hydroxyl groups is 1. The molecule has 0 bridgehead atoms. The first kappa shape index (κ1) is 29.6. The highest BCUT2D eigenvalue weighted by Gasteiger charge is 2.22. The maximum absolute atomic E-state index is 12.9. The Morgan fingerprint density at radius 3 is 2.41 bits per heavy atom. The zero-order valence-electron chi connectivity index (χ0n) is 22.6. The largest absolute Gasteiger partial charge is 0.507 e. The summed E-state index contributed by atoms with van der Waals surface area (Å²) >= 11 is 0. The lowest BCUT2D eigenvalue weighted by atomic mass is 9.93. The van der Waals surface area contributed by atoms with E-state index in [1.165, 1.54) is 13.2 Å². The molecule has 7 heteroatoms. The number of rotatable bonds is 12. The Kier molecular flexibility index (Phi) is 10.9. The van der Waals surface area contributed by atoms with Crippen LogP contribution in [-0.4, -0.2) is 30.6 Å². The standard InChI is InChI=1S/C30H38O7/c1-20(10-8-7-9-11-26(32)35-6)25-19-24(31)27(29(34)37-25)28(33)21(2)18-22-12-14-23(15-13-22)36-17-16-30(3,4)5/h7,9,12-15,18-20,31H,8,10-11,16-17H2,1-6H3/b9-7+,21-18?. The minimum atomic E-state index is -0.872. The number of ketones is 1. The maximum Gasteiger partial charge on any atom is 0.351 e. The predicted octanol–water partition coefficient (Wildman–Crippen LogP) is 6.45. The van der Waals surface area contributed by atoms with Gasteiger partial charge in [0.2, 0.25) is 0 Å². The van der Waals surface area contributed by atoms with E-state index in [1.807, 2.05) is 37.3 Å². The van der Waals surface area contributed by atoms with Crippen molar-refractivity contribution >= 4 is 17.8 Å². The Bertz CT molecular complexity index is 1180. The van der Waals surface area contributed by atoms with E-state index < -0.39 is 17.2 Å². The fraction of sp³-hybridized carbons (Fsp3) is 0.433. The molecule has 0 saturated heterocycles. The molecular formula is C30H38O7. The van der Waals surface area contributed by atoms with Crippen molar-refractivity contribution in [2.75, 3.05) is 13.7 Å². The molecule has 1 atom stereocenters. The molecule has 1 heterocycles. The summed E-state index contributed by atoms with van der Waals surface area (Å²) < 4.78 is 15.7. The Labute approximate surface area is 218 Å². The van der Waals surface area contributed by atoms with Crippen LogP contribution < -0.4 is 10.4 Å². The number of hydrogen-bond acceptors (Lipinski definition) is 7. The lowest BCUT2D eigenvalue weighted by Gasteiger charge is -2.18. The number of hydrogen-bond donors (Lipinski definition) is 1. The average Bonchev–Trinajstić information content (AvgIpc) is 2.83. The topological polar surface area (TPSA) is 103 Å². The van der Waals surface area contributed by atoms with Gasteiger partial charge in [-0.3, -0.25) is 9.59 Å². The van der Waals surface area contributed by atoms with Gasteiger partial charge in [-0.05, 0) is 60.9 Å². The van der Waals surface area contributed by atoms with Crippen molar-refractivity contribution in [1.82, 2.24) is 0 Å². The SMILES string of the molecule is COC(=O)C/C=C/CCC(C)c1cc(O)c(C(=O)C(C)=Cc2ccc(OCCC(C)(C)C)cc2)c(=O)o1. The van der Waals surface area contributed by atoms with Crippen LogP contribution in [0.3, 0.4) is 0 Å². The molecule has 2 rings (SSSR count). The van der Waals surface area contributed by atoms with Crippen molar-refractivity contribution in [3.8, 4) is 11.5 Å². The monoisotopic (exact) mass is 510 g/mol. The molecular weight excluding hydrogens is 472 g/mol. The summed E-state index contributed by atoms with van der Waals surface area (Å²) in [5.41, 5.74) is -0.00383. The molecule has 0 aliphatic carbocycles. The van der Waals surface area contributed by atoms with E-state index in [9.17, 15) is 19.5 Å². The molecule has 0 aliphatic rings. The number of ether oxygens (including phenoxy) is 2. The molecule has 2 aromatic rings. The molecule has 7 nitrogen and oxygen atoms in total. The first-order valence-electron chi connectivity index (χ1n) is 12.5. The lowest BCUT2D eigenvalue weighted by Crippen LogP contribution is -2.16. The molecule has 37 heavy (non-hydrogen) atoms. The van der Waals surface area contributed by atoms with Crippen molar-refractivity contribution in [2.45, 2.75) is 66.2 Å². The predicted molar refractivity (Wildman–Crippen MR) is 144 cm³/mol. The first-order valence-corrected chi connectivity index (χ1v) is 12.5. The minimum absolute atomic E-state index is 0.175. The molecule has 0 saturated carbocycles. The summed E-state index contributed by atoms with van der Waals surface area (Å²) in [5, 5.41) is 10.5. The van der Waals surface area contributed by atoms with Crippen LogP contribution in [-0.2, 0) is 9.53 Å². The number of carbonyl (C=O) groups excluding carboxylic acids is 2. The van der Waals surface area contributed by atoms with Gasteiger partial charge < -0.3 is 19.0 Å². The molecule has 0 amide bonds. The van der Waals surface area contributed by atoms with Crippen molar-refractivity contribution < 1.29 is 28.6 Å². The van der Waals surface area contributed by atoms with Crippen molar-refractivity contribution in [2.24, 2.45) is 5.41 Å². The summed E-state index contributed by atoms with van der Waals surface area (Å²) in [4.78, 5) is 36.7. The summed E-state index contributed by atoms with van der Waals surface area (Å²) in [6.45, 7) is 10.5. The number of allylic oxidation sites excluding steroid dienone is 2. The van der Waals surface area contributed by atoms with Gasteiger partial charge in [-0.15, -0.1) is 0 Å². The second-order valence-corrected chi connectivity index (χ2v) is 10.3. The van der Waals surface area contributed by atoms with E-state index in [1.54, 1.807) is 19.1 Å². The molecule has 0 aliphatic heterocycles. The normalized spacial score (nSPS) is 13.0. The highest BCUT2D eigenvalue weighted by atomic mass is 16.5. The van der Waals surface area contributed by atoms with E-state index in [0.717, 1.165) is 17.7 Å². The van der Waals surface area contributed by atoms with Crippen LogP contribution in [0.5, 0.6) is 11.5 Å². The molecule has 0 spiro atoms. The third kappa shape index (κ3) is 9.75. The second-order valence-electron chi connectivity index (χ2n) is 10.3. The van der Waals surface area contributed by atoms with Crippen molar-refractivity contribution in [3.63, 3.8) is 0 Å². The highest BCUT2D eigenvalue weighted by molar-refractivity contribution is 6.12. The molecule has 0 radical (unpaired) electrons. The van der Waals surface area contributed by atoms with Crippen LogP contribution in [0.4, 0.5) is 0 Å². The van der Waals surface area contributed by atoms with Gasteiger partial charge in [-0.1, -0.05) is 52.0 Å². The second kappa shape index (κ2) is 13.6. The van der Waals surface area contributed by atoms with Gasteiger partial charge in [0.15, 0.2) is 5.78 Å². The molecule has 1 aromatic carbocycles. The van der Waals surface area contributed by atoms with E-state index in [0.29, 0.717) is 30.8 Å². The number of esters is 1. The lowest BCUT2D eigenvalue weighted by molar-refractivity contribution is -0.139. The summed E-state index contributed by atoms with van der Waals surface area (Å²) in [5.74, 6) is -0.452. The number of Topliss-reactive ketones (excluding diaryl/α,β-unsaturated/α-hetero) is 1. The van der Waals surface area contributed by atoms with Gasteiger partial charge in [0.25, 0.3) is 0 Å². The Hall–Kier alpha value is -3.61. The van der Waals surface area contributed by atoms with E-state index >= 15 is 0 Å². The van der Waals surface area contributed by atoms with Crippen molar-refractivity contribution in [3.05, 3.63) is 75.4 Å². The van der Waals surface area contributed by atoms with Crippen LogP contribution in [0, 0.1) is 5.41 Å². The molecule has 200 valence electrons. The number of methoxy groups -OCH3 is 1. The Balaban J connectivity index is 2.05. The molecule has 1 aromatic heterocycles.